The topological polar surface area (TPSA) is 109 Å². The van der Waals surface area contributed by atoms with Crippen molar-refractivity contribution in [2.45, 2.75) is 38.5 Å². The van der Waals surface area contributed by atoms with Gasteiger partial charge in [0.25, 0.3) is 0 Å². The van der Waals surface area contributed by atoms with Crippen molar-refractivity contribution in [3.8, 4) is 0 Å². The number of pyridine rings is 1. The lowest BCUT2D eigenvalue weighted by molar-refractivity contribution is -0.142. The van der Waals surface area contributed by atoms with Crippen LogP contribution in [0.25, 0.3) is 0 Å². The van der Waals surface area contributed by atoms with Crippen LogP contribution in [0.1, 0.15) is 32.4 Å². The number of aliphatic hydroxyl groups excluding tert-OH is 1. The zero-order valence-electron chi connectivity index (χ0n) is 11.8. The second-order valence-electron chi connectivity index (χ2n) is 5.34. The van der Waals surface area contributed by atoms with Crippen molar-refractivity contribution in [3.05, 3.63) is 28.5 Å². The molecule has 0 radical (unpaired) electrons. The number of aliphatic carboxylic acids is 1. The minimum atomic E-state index is -1.55. The maximum atomic E-state index is 11.6. The van der Waals surface area contributed by atoms with Gasteiger partial charge in [0.15, 0.2) is 6.04 Å². The smallest absolute Gasteiger partial charge is 0.408 e. The molecule has 7 nitrogen and oxygen atoms in total. The van der Waals surface area contributed by atoms with E-state index in [0.717, 1.165) is 0 Å². The van der Waals surface area contributed by atoms with Gasteiger partial charge in [0, 0.05) is 22.4 Å². The Bertz CT molecular complexity index is 530. The fourth-order valence-electron chi connectivity index (χ4n) is 1.49. The highest BCUT2D eigenvalue weighted by Crippen LogP contribution is 2.20. The van der Waals surface area contributed by atoms with Crippen LogP contribution in [0.4, 0.5) is 4.79 Å². The molecule has 1 aromatic rings. The molecule has 0 spiro atoms. The van der Waals surface area contributed by atoms with E-state index in [-0.39, 0.29) is 5.56 Å². The van der Waals surface area contributed by atoms with Crippen LogP contribution in [0.5, 0.6) is 0 Å². The predicted molar refractivity (Wildman–Crippen MR) is 77.7 cm³/mol. The van der Waals surface area contributed by atoms with Crippen molar-refractivity contribution in [2.75, 3.05) is 0 Å². The lowest BCUT2D eigenvalue weighted by Gasteiger charge is -2.24. The molecule has 1 heterocycles. The van der Waals surface area contributed by atoms with Crippen LogP contribution in [0.15, 0.2) is 22.9 Å². The molecule has 21 heavy (non-hydrogen) atoms. The summed E-state index contributed by atoms with van der Waals surface area (Å²) in [4.78, 5) is 26.7. The van der Waals surface area contributed by atoms with Crippen molar-refractivity contribution < 1.29 is 24.5 Å². The number of alkyl carbamates (subject to hydrolysis) is 1. The van der Waals surface area contributed by atoms with Gasteiger partial charge in [-0.05, 0) is 42.8 Å². The Morgan fingerprint density at radius 1 is 1.38 bits per heavy atom. The number of hydrogen-bond donors (Lipinski definition) is 3. The summed E-state index contributed by atoms with van der Waals surface area (Å²) in [6, 6.07) is -0.0272. The molecule has 0 aromatic carbocycles. The Morgan fingerprint density at radius 2 is 2.00 bits per heavy atom. The van der Waals surface area contributed by atoms with E-state index in [4.69, 9.17) is 9.84 Å². The number of carbonyl (C=O) groups is 2. The number of aliphatic hydroxyl groups is 1. The Balaban J connectivity index is 2.87. The SMILES string of the molecule is CC(C)(C)OC(=O)N[C@@H](C(=O)O)[C@@H](O)c1cncc(Br)c1. The third-order valence-corrected chi connectivity index (χ3v) is 2.76. The number of amides is 1. The summed E-state index contributed by atoms with van der Waals surface area (Å²) >= 11 is 3.17. The van der Waals surface area contributed by atoms with Gasteiger partial charge in [-0.1, -0.05) is 0 Å². The fraction of sp³-hybridized carbons (Fsp3) is 0.462. The Morgan fingerprint density at radius 3 is 2.48 bits per heavy atom. The molecule has 1 aromatic heterocycles. The van der Waals surface area contributed by atoms with Crippen LogP contribution < -0.4 is 5.32 Å². The maximum absolute atomic E-state index is 11.6. The number of carboxylic acid groups (broad SMARTS) is 1. The molecule has 116 valence electrons. The van der Waals surface area contributed by atoms with E-state index in [1.54, 1.807) is 20.8 Å². The number of hydrogen-bond acceptors (Lipinski definition) is 5. The van der Waals surface area contributed by atoms with Crippen LogP contribution in [-0.4, -0.2) is 38.9 Å². The largest absolute Gasteiger partial charge is 0.480 e. The van der Waals surface area contributed by atoms with Crippen molar-refractivity contribution in [2.24, 2.45) is 0 Å². The summed E-state index contributed by atoms with van der Waals surface area (Å²) in [6.07, 6.45) is 0.437. The summed E-state index contributed by atoms with van der Waals surface area (Å²) in [7, 11) is 0. The molecule has 0 aliphatic heterocycles. The van der Waals surface area contributed by atoms with Crippen molar-refractivity contribution in [1.29, 1.82) is 0 Å². The van der Waals surface area contributed by atoms with Crippen LogP contribution in [0, 0.1) is 0 Å². The summed E-state index contributed by atoms with van der Waals surface area (Å²) < 4.78 is 5.56. The quantitative estimate of drug-likeness (QED) is 0.755. The lowest BCUT2D eigenvalue weighted by Crippen LogP contribution is -2.46. The zero-order valence-corrected chi connectivity index (χ0v) is 13.4. The maximum Gasteiger partial charge on any atom is 0.408 e. The first kappa shape index (κ1) is 17.4. The van der Waals surface area contributed by atoms with Gasteiger partial charge in [0.1, 0.15) is 11.7 Å². The summed E-state index contributed by atoms with van der Waals surface area (Å²) in [5.74, 6) is -1.38. The van der Waals surface area contributed by atoms with E-state index >= 15 is 0 Å². The number of ether oxygens (including phenoxy) is 1. The minimum Gasteiger partial charge on any atom is -0.480 e. The second-order valence-corrected chi connectivity index (χ2v) is 6.26. The third-order valence-electron chi connectivity index (χ3n) is 2.32. The number of halogens is 1. The van der Waals surface area contributed by atoms with Crippen LogP contribution in [-0.2, 0) is 9.53 Å². The predicted octanol–water partition coefficient (Wildman–Crippen LogP) is 1.86. The molecule has 0 unspecified atom stereocenters. The summed E-state index contributed by atoms with van der Waals surface area (Å²) in [5, 5.41) is 21.4. The molecule has 3 N–H and O–H groups in total. The van der Waals surface area contributed by atoms with Crippen LogP contribution in [0.2, 0.25) is 0 Å². The van der Waals surface area contributed by atoms with Crippen molar-refractivity contribution in [3.63, 3.8) is 0 Å². The van der Waals surface area contributed by atoms with E-state index in [9.17, 15) is 14.7 Å². The molecular weight excluding hydrogens is 344 g/mol. The standard InChI is InChI=1S/C13H17BrN2O5/c1-13(2,3)21-12(20)16-9(11(18)19)10(17)7-4-8(14)6-15-5-7/h4-6,9-10,17H,1-3H3,(H,16,20)(H,18,19)/t9-,10+/m1/s1. The molecule has 0 aliphatic carbocycles. The Labute approximate surface area is 130 Å². The Kier molecular flexibility index (Phi) is 5.68. The molecule has 1 rings (SSSR count). The molecule has 1 amide bonds. The van der Waals surface area contributed by atoms with E-state index in [1.807, 2.05) is 0 Å². The van der Waals surface area contributed by atoms with Gasteiger partial charge in [-0.3, -0.25) is 4.98 Å². The molecule has 8 heteroatoms. The lowest BCUT2D eigenvalue weighted by atomic mass is 10.0. The van der Waals surface area contributed by atoms with Gasteiger partial charge in [0.05, 0.1) is 0 Å². The number of nitrogens with zero attached hydrogens (tertiary/aromatic N) is 1. The normalized spacial score (nSPS) is 14.1. The summed E-state index contributed by atoms with van der Waals surface area (Å²) in [5.41, 5.74) is -0.511. The zero-order chi connectivity index (χ0) is 16.2. The first-order valence-corrected chi connectivity index (χ1v) is 6.90. The van der Waals surface area contributed by atoms with Crippen LogP contribution >= 0.6 is 15.9 Å². The average molecular weight is 361 g/mol. The molecule has 0 saturated heterocycles. The van der Waals surface area contributed by atoms with E-state index in [1.165, 1.54) is 18.5 Å². The molecule has 0 aliphatic rings. The van der Waals surface area contributed by atoms with Crippen molar-refractivity contribution >= 4 is 28.0 Å². The number of aromatic nitrogens is 1. The highest BCUT2D eigenvalue weighted by molar-refractivity contribution is 9.10. The van der Waals surface area contributed by atoms with Gasteiger partial charge in [-0.25, -0.2) is 9.59 Å². The van der Waals surface area contributed by atoms with Crippen LogP contribution in [0.3, 0.4) is 0 Å². The van der Waals surface area contributed by atoms with Gasteiger partial charge >= 0.3 is 12.1 Å². The average Bonchev–Trinajstić information content (AvgIpc) is 2.32. The van der Waals surface area contributed by atoms with Gasteiger partial charge < -0.3 is 20.3 Å². The molecule has 0 saturated carbocycles. The highest BCUT2D eigenvalue weighted by atomic mass is 79.9. The molecule has 2 atom stereocenters. The molecule has 0 fully saturated rings. The minimum absolute atomic E-state index is 0.257. The summed E-state index contributed by atoms with van der Waals surface area (Å²) in [6.45, 7) is 4.95. The first-order chi connectivity index (χ1) is 9.60. The highest BCUT2D eigenvalue weighted by Gasteiger charge is 2.31. The Hall–Kier alpha value is -1.67. The van der Waals surface area contributed by atoms with E-state index in [2.05, 4.69) is 26.2 Å². The number of nitrogens with one attached hydrogen (secondary N) is 1. The van der Waals surface area contributed by atoms with Gasteiger partial charge in [0.2, 0.25) is 0 Å². The fourth-order valence-corrected chi connectivity index (χ4v) is 1.88. The molecule has 0 bridgehead atoms. The number of carbonyl (C=O) groups excluding carboxylic acids is 1. The second kappa shape index (κ2) is 6.86. The third kappa shape index (κ3) is 5.68. The van der Waals surface area contributed by atoms with Crippen molar-refractivity contribution in [1.82, 2.24) is 10.3 Å². The number of carboxylic acids is 1. The number of rotatable bonds is 4. The monoisotopic (exact) mass is 360 g/mol. The van der Waals surface area contributed by atoms with Gasteiger partial charge in [-0.15, -0.1) is 0 Å². The van der Waals surface area contributed by atoms with E-state index < -0.39 is 29.8 Å². The van der Waals surface area contributed by atoms with Gasteiger partial charge in [-0.2, -0.15) is 0 Å². The first-order valence-electron chi connectivity index (χ1n) is 6.11. The molecular formula is C13H17BrN2O5. The van der Waals surface area contributed by atoms with E-state index in [0.29, 0.717) is 4.47 Å².